The fraction of sp³-hybridized carbons (Fsp3) is 0.889. The van der Waals surface area contributed by atoms with Gasteiger partial charge in [-0.1, -0.05) is 0 Å². The molecule has 1 amide bonds. The lowest BCUT2D eigenvalue weighted by atomic mass is 10.1. The first-order valence-electron chi connectivity index (χ1n) is 4.81. The van der Waals surface area contributed by atoms with E-state index in [-0.39, 0.29) is 5.91 Å². The van der Waals surface area contributed by atoms with E-state index in [9.17, 15) is 4.79 Å². The van der Waals surface area contributed by atoms with Crippen LogP contribution in [0.2, 0.25) is 0 Å². The Morgan fingerprint density at radius 2 is 2.46 bits per heavy atom. The maximum absolute atomic E-state index is 11.2. The molecule has 3 nitrogen and oxygen atoms in total. The van der Waals surface area contributed by atoms with Gasteiger partial charge in [0.25, 0.3) is 0 Å². The number of likely N-dealkylation sites (tertiary alicyclic amines) is 1. The number of hydrogen-bond donors (Lipinski definition) is 2. The molecular formula is C9H18N2OS. The molecule has 0 saturated carbocycles. The molecule has 1 N–H and O–H groups in total. The summed E-state index contributed by atoms with van der Waals surface area (Å²) >= 11 is 4.02. The Bertz CT molecular complexity index is 175. The van der Waals surface area contributed by atoms with Gasteiger partial charge in [-0.15, -0.1) is 0 Å². The van der Waals surface area contributed by atoms with Crippen LogP contribution >= 0.6 is 12.6 Å². The highest BCUT2D eigenvalue weighted by atomic mass is 32.1. The Hall–Kier alpha value is -0.220. The van der Waals surface area contributed by atoms with Crippen molar-refractivity contribution in [2.45, 2.75) is 25.3 Å². The largest absolute Gasteiger partial charge is 0.352 e. The van der Waals surface area contributed by atoms with E-state index in [2.05, 4.69) is 29.9 Å². The monoisotopic (exact) mass is 202 g/mol. The molecule has 0 radical (unpaired) electrons. The van der Waals surface area contributed by atoms with E-state index in [4.69, 9.17) is 0 Å². The lowest BCUT2D eigenvalue weighted by molar-refractivity contribution is -0.121. The molecule has 1 rings (SSSR count). The van der Waals surface area contributed by atoms with Crippen LogP contribution in [0.3, 0.4) is 0 Å². The third-order valence-corrected chi connectivity index (χ3v) is 2.55. The van der Waals surface area contributed by atoms with Gasteiger partial charge >= 0.3 is 0 Å². The van der Waals surface area contributed by atoms with Crippen LogP contribution in [0.5, 0.6) is 0 Å². The molecular weight excluding hydrogens is 184 g/mol. The number of carbonyl (C=O) groups excluding carboxylic acids is 1. The maximum Gasteiger partial charge on any atom is 0.221 e. The van der Waals surface area contributed by atoms with Gasteiger partial charge in [0.05, 0.1) is 0 Å². The number of piperidine rings is 1. The summed E-state index contributed by atoms with van der Waals surface area (Å²) in [7, 11) is 2.09. The first-order valence-corrected chi connectivity index (χ1v) is 5.44. The molecule has 0 spiro atoms. The van der Waals surface area contributed by atoms with E-state index in [0.717, 1.165) is 19.5 Å². The number of amides is 1. The van der Waals surface area contributed by atoms with Crippen molar-refractivity contribution in [2.24, 2.45) is 0 Å². The zero-order valence-corrected chi connectivity index (χ0v) is 9.02. The number of thiol groups is 1. The van der Waals surface area contributed by atoms with Gasteiger partial charge in [0.2, 0.25) is 5.91 Å². The molecule has 76 valence electrons. The Balaban J connectivity index is 2.23. The molecule has 4 heteroatoms. The number of rotatable bonds is 3. The Kier molecular flexibility index (Phi) is 4.59. The van der Waals surface area contributed by atoms with Gasteiger partial charge in [0.15, 0.2) is 0 Å². The van der Waals surface area contributed by atoms with Crippen LogP contribution in [0.15, 0.2) is 0 Å². The molecule has 1 unspecified atom stereocenters. The molecule has 1 aliphatic rings. The normalized spacial score (nSPS) is 24.3. The number of nitrogens with one attached hydrogen (secondary N) is 1. The summed E-state index contributed by atoms with van der Waals surface area (Å²) in [6, 6.07) is 0.353. The third-order valence-electron chi connectivity index (χ3n) is 2.33. The van der Waals surface area contributed by atoms with Crippen LogP contribution in [-0.4, -0.2) is 42.7 Å². The average Bonchev–Trinajstić information content (AvgIpc) is 2.04. The summed E-state index contributed by atoms with van der Waals surface area (Å²) in [5.74, 6) is 0.768. The van der Waals surface area contributed by atoms with Crippen molar-refractivity contribution in [3.05, 3.63) is 0 Å². The quantitative estimate of drug-likeness (QED) is 0.654. The minimum Gasteiger partial charge on any atom is -0.352 e. The summed E-state index contributed by atoms with van der Waals surface area (Å²) in [5, 5.41) is 3.02. The molecule has 0 aromatic heterocycles. The van der Waals surface area contributed by atoms with Gasteiger partial charge in [-0.2, -0.15) is 12.6 Å². The van der Waals surface area contributed by atoms with E-state index in [1.54, 1.807) is 0 Å². The lowest BCUT2D eigenvalue weighted by Crippen LogP contribution is -2.46. The molecule has 0 aromatic carbocycles. The topological polar surface area (TPSA) is 32.3 Å². The Morgan fingerprint density at radius 3 is 3.08 bits per heavy atom. The predicted octanol–water partition coefficient (Wildman–Crippen LogP) is 0.517. The van der Waals surface area contributed by atoms with E-state index >= 15 is 0 Å². The highest BCUT2D eigenvalue weighted by Gasteiger charge is 2.18. The van der Waals surface area contributed by atoms with E-state index in [1.807, 2.05) is 0 Å². The fourth-order valence-electron chi connectivity index (χ4n) is 1.69. The summed E-state index contributed by atoms with van der Waals surface area (Å²) in [4.78, 5) is 13.5. The number of nitrogens with zero attached hydrogens (tertiary/aromatic N) is 1. The van der Waals surface area contributed by atoms with Gasteiger partial charge < -0.3 is 10.2 Å². The molecule has 1 aliphatic heterocycles. The van der Waals surface area contributed by atoms with Gasteiger partial charge in [-0.05, 0) is 32.2 Å². The lowest BCUT2D eigenvalue weighted by Gasteiger charge is -2.30. The van der Waals surface area contributed by atoms with Crippen molar-refractivity contribution in [3.8, 4) is 0 Å². The first-order chi connectivity index (χ1) is 6.22. The first kappa shape index (κ1) is 10.9. The maximum atomic E-state index is 11.2. The van der Waals surface area contributed by atoms with Gasteiger partial charge in [-0.25, -0.2) is 0 Å². The van der Waals surface area contributed by atoms with Crippen molar-refractivity contribution < 1.29 is 4.79 Å². The smallest absolute Gasteiger partial charge is 0.221 e. The molecule has 1 heterocycles. The summed E-state index contributed by atoms with van der Waals surface area (Å²) < 4.78 is 0. The van der Waals surface area contributed by atoms with Gasteiger partial charge in [-0.3, -0.25) is 4.79 Å². The van der Waals surface area contributed by atoms with Crippen molar-refractivity contribution in [3.63, 3.8) is 0 Å². The molecule has 0 aliphatic carbocycles. The van der Waals surface area contributed by atoms with Crippen molar-refractivity contribution >= 4 is 18.5 Å². The second kappa shape index (κ2) is 5.50. The van der Waals surface area contributed by atoms with Crippen LogP contribution in [0, 0.1) is 0 Å². The minimum absolute atomic E-state index is 0.135. The Labute approximate surface area is 85.3 Å². The van der Waals surface area contributed by atoms with Crippen molar-refractivity contribution in [2.75, 3.05) is 25.9 Å². The average molecular weight is 202 g/mol. The summed E-state index contributed by atoms with van der Waals surface area (Å²) in [5.41, 5.74) is 0. The van der Waals surface area contributed by atoms with Crippen molar-refractivity contribution in [1.82, 2.24) is 10.2 Å². The molecule has 0 aromatic rings. The Morgan fingerprint density at radius 1 is 1.69 bits per heavy atom. The van der Waals surface area contributed by atoms with Crippen LogP contribution in [-0.2, 0) is 4.79 Å². The van der Waals surface area contributed by atoms with Crippen LogP contribution in [0.4, 0.5) is 0 Å². The van der Waals surface area contributed by atoms with E-state index in [1.165, 1.54) is 6.42 Å². The second-order valence-electron chi connectivity index (χ2n) is 3.64. The van der Waals surface area contributed by atoms with E-state index in [0.29, 0.717) is 18.2 Å². The predicted molar refractivity (Wildman–Crippen MR) is 57.1 cm³/mol. The molecule has 0 bridgehead atoms. The summed E-state index contributed by atoms with van der Waals surface area (Å²) in [6.45, 7) is 2.14. The zero-order chi connectivity index (χ0) is 9.68. The molecule has 1 atom stereocenters. The number of likely N-dealkylation sites (N-methyl/N-ethyl adjacent to an activating group) is 1. The van der Waals surface area contributed by atoms with Gasteiger partial charge in [0, 0.05) is 19.0 Å². The summed E-state index contributed by atoms with van der Waals surface area (Å²) in [6.07, 6.45) is 2.83. The third kappa shape index (κ3) is 4.00. The highest BCUT2D eigenvalue weighted by Crippen LogP contribution is 2.07. The number of hydrogen-bond acceptors (Lipinski definition) is 3. The highest BCUT2D eigenvalue weighted by molar-refractivity contribution is 7.80. The second-order valence-corrected chi connectivity index (χ2v) is 4.09. The zero-order valence-electron chi connectivity index (χ0n) is 8.12. The van der Waals surface area contributed by atoms with E-state index < -0.39 is 0 Å². The van der Waals surface area contributed by atoms with Crippen molar-refractivity contribution in [1.29, 1.82) is 0 Å². The minimum atomic E-state index is 0.135. The molecule has 1 fully saturated rings. The van der Waals surface area contributed by atoms with Crippen LogP contribution in [0.1, 0.15) is 19.3 Å². The fourth-order valence-corrected chi connectivity index (χ4v) is 1.89. The van der Waals surface area contributed by atoms with Crippen LogP contribution < -0.4 is 5.32 Å². The standard InChI is InChI=1S/C9H18N2OS/c1-11-5-2-3-8(7-11)10-9(12)4-6-13/h8,13H,2-7H2,1H3,(H,10,12). The molecule has 1 saturated heterocycles. The molecule has 13 heavy (non-hydrogen) atoms. The number of carbonyl (C=O) groups is 1. The van der Waals surface area contributed by atoms with Gasteiger partial charge in [0.1, 0.15) is 0 Å². The van der Waals surface area contributed by atoms with Crippen LogP contribution in [0.25, 0.3) is 0 Å². The SMILES string of the molecule is CN1CCCC(NC(=O)CCS)C1.